The Morgan fingerprint density at radius 1 is 0.880 bits per heavy atom. The fraction of sp³-hybridized carbons (Fsp3) is 0.0909. The molecule has 0 saturated carbocycles. The van der Waals surface area contributed by atoms with E-state index in [-0.39, 0.29) is 6.04 Å². The third-order valence-corrected chi connectivity index (χ3v) is 4.50. The summed E-state index contributed by atoms with van der Waals surface area (Å²) in [5.41, 5.74) is 3.51. The monoisotopic (exact) mass is 323 g/mol. The summed E-state index contributed by atoms with van der Waals surface area (Å²) in [5, 5.41) is 12.6. The molecule has 1 unspecified atom stereocenters. The quantitative estimate of drug-likeness (QED) is 0.578. The molecule has 120 valence electrons. The second kappa shape index (κ2) is 6.35. The number of nitriles is 1. The van der Waals surface area contributed by atoms with Crippen LogP contribution >= 0.6 is 0 Å². The normalized spacial score (nSPS) is 21.8. The minimum atomic E-state index is -0.481. The van der Waals surface area contributed by atoms with Crippen molar-refractivity contribution >= 4 is 6.21 Å². The molecule has 0 spiro atoms. The van der Waals surface area contributed by atoms with E-state index in [0.29, 0.717) is 5.56 Å². The summed E-state index contributed by atoms with van der Waals surface area (Å²) < 4.78 is 0. The molecule has 1 aliphatic rings. The molecule has 1 aliphatic heterocycles. The lowest BCUT2D eigenvalue weighted by Crippen LogP contribution is -2.11. The Kier molecular flexibility index (Phi) is 3.89. The molecule has 1 N–H and O–H groups in total. The fourth-order valence-electron chi connectivity index (χ4n) is 3.10. The second-order valence-electron chi connectivity index (χ2n) is 6.11. The average Bonchev–Trinajstić information content (AvgIpc) is 3.44. The summed E-state index contributed by atoms with van der Waals surface area (Å²) in [6.07, 6.45) is 1.91. The highest BCUT2D eigenvalue weighted by Gasteiger charge is 2.55. The van der Waals surface area contributed by atoms with Crippen molar-refractivity contribution in [3.63, 3.8) is 0 Å². The van der Waals surface area contributed by atoms with E-state index in [1.807, 2.05) is 79.0 Å². The highest BCUT2D eigenvalue weighted by Crippen LogP contribution is 2.49. The van der Waals surface area contributed by atoms with Gasteiger partial charge in [0.25, 0.3) is 0 Å². The van der Waals surface area contributed by atoms with Gasteiger partial charge in [-0.2, -0.15) is 5.26 Å². The van der Waals surface area contributed by atoms with Gasteiger partial charge in [-0.3, -0.25) is 10.3 Å². The molecule has 0 aliphatic carbocycles. The number of rotatable bonds is 4. The number of benzene rings is 3. The van der Waals surface area contributed by atoms with Crippen molar-refractivity contribution < 1.29 is 0 Å². The number of aliphatic imine (C=N–C) groups is 1. The third-order valence-electron chi connectivity index (χ3n) is 4.50. The van der Waals surface area contributed by atoms with Crippen LogP contribution in [0.4, 0.5) is 0 Å². The number of hydrogen-bond donors (Lipinski definition) is 1. The van der Waals surface area contributed by atoms with Gasteiger partial charge in [0.1, 0.15) is 0 Å². The summed E-state index contributed by atoms with van der Waals surface area (Å²) in [6.45, 7) is 0. The third kappa shape index (κ3) is 2.96. The molecule has 0 bridgehead atoms. The van der Waals surface area contributed by atoms with E-state index in [1.54, 1.807) is 0 Å². The zero-order valence-corrected chi connectivity index (χ0v) is 13.6. The van der Waals surface area contributed by atoms with Gasteiger partial charge in [-0.25, -0.2) is 0 Å². The first kappa shape index (κ1) is 15.3. The van der Waals surface area contributed by atoms with E-state index in [2.05, 4.69) is 23.5 Å². The van der Waals surface area contributed by atoms with Crippen LogP contribution in [0.1, 0.15) is 28.3 Å². The largest absolute Gasteiger partial charge is 0.277 e. The van der Waals surface area contributed by atoms with Crippen LogP contribution in [0.3, 0.4) is 0 Å². The molecular weight excluding hydrogens is 306 g/mol. The summed E-state index contributed by atoms with van der Waals surface area (Å²) >= 11 is 0. The summed E-state index contributed by atoms with van der Waals surface area (Å²) in [4.78, 5) is 4.90. The molecule has 1 saturated heterocycles. The molecule has 3 nitrogen and oxygen atoms in total. The Bertz CT molecular complexity index is 925. The highest BCUT2D eigenvalue weighted by molar-refractivity contribution is 5.80. The fourth-order valence-corrected chi connectivity index (χ4v) is 3.10. The molecule has 0 amide bonds. The molecular formula is C22H17N3. The van der Waals surface area contributed by atoms with Crippen LogP contribution in [-0.4, -0.2) is 6.21 Å². The van der Waals surface area contributed by atoms with Gasteiger partial charge < -0.3 is 0 Å². The summed E-state index contributed by atoms with van der Waals surface area (Å²) in [7, 11) is 0. The zero-order chi connectivity index (χ0) is 17.1. The van der Waals surface area contributed by atoms with Gasteiger partial charge in [-0.15, -0.1) is 0 Å². The predicted octanol–water partition coefficient (Wildman–Crippen LogP) is 4.17. The lowest BCUT2D eigenvalue weighted by Gasteiger charge is -2.11. The van der Waals surface area contributed by atoms with Crippen LogP contribution in [-0.2, 0) is 5.66 Å². The van der Waals surface area contributed by atoms with Crippen LogP contribution < -0.4 is 5.32 Å². The zero-order valence-electron chi connectivity index (χ0n) is 13.6. The Morgan fingerprint density at radius 2 is 1.52 bits per heavy atom. The Morgan fingerprint density at radius 3 is 2.16 bits per heavy atom. The molecule has 1 fully saturated rings. The van der Waals surface area contributed by atoms with Gasteiger partial charge in [0.05, 0.1) is 17.7 Å². The molecule has 2 atom stereocenters. The average molecular weight is 323 g/mol. The van der Waals surface area contributed by atoms with Crippen molar-refractivity contribution in [1.29, 1.82) is 5.26 Å². The standard InChI is InChI=1S/C22H17N3/c23-15-17-11-13-20(14-12-17)22(24-16-18-7-3-1-4-8-18)21(25-22)19-9-5-2-6-10-19/h1-14,16,21,25H/b24-16+/t21?,22-/m1/s1. The van der Waals surface area contributed by atoms with Crippen LogP contribution in [0.2, 0.25) is 0 Å². The first-order valence-corrected chi connectivity index (χ1v) is 8.25. The summed E-state index contributed by atoms with van der Waals surface area (Å²) in [5.74, 6) is 0. The van der Waals surface area contributed by atoms with Gasteiger partial charge in [0.2, 0.25) is 0 Å². The topological polar surface area (TPSA) is 58.1 Å². The Labute approximate surface area is 147 Å². The van der Waals surface area contributed by atoms with Gasteiger partial charge in [0, 0.05) is 6.21 Å². The van der Waals surface area contributed by atoms with Gasteiger partial charge in [0.15, 0.2) is 5.66 Å². The summed E-state index contributed by atoms with van der Waals surface area (Å²) in [6, 6.07) is 30.4. The van der Waals surface area contributed by atoms with Crippen LogP contribution in [0.25, 0.3) is 0 Å². The second-order valence-corrected chi connectivity index (χ2v) is 6.11. The predicted molar refractivity (Wildman–Crippen MR) is 99.2 cm³/mol. The molecule has 0 radical (unpaired) electrons. The lowest BCUT2D eigenvalue weighted by molar-refractivity contribution is 0.695. The van der Waals surface area contributed by atoms with E-state index in [0.717, 1.165) is 11.1 Å². The minimum absolute atomic E-state index is 0.126. The van der Waals surface area contributed by atoms with E-state index in [4.69, 9.17) is 10.3 Å². The molecule has 0 aromatic heterocycles. The van der Waals surface area contributed by atoms with Crippen LogP contribution in [0.5, 0.6) is 0 Å². The molecule has 4 rings (SSSR count). The molecule has 3 aromatic rings. The molecule has 25 heavy (non-hydrogen) atoms. The highest BCUT2D eigenvalue weighted by atomic mass is 15.3. The van der Waals surface area contributed by atoms with Crippen molar-refractivity contribution in [1.82, 2.24) is 5.32 Å². The molecule has 3 aromatic carbocycles. The van der Waals surface area contributed by atoms with E-state index in [9.17, 15) is 0 Å². The first-order chi connectivity index (χ1) is 12.3. The number of nitrogens with one attached hydrogen (secondary N) is 1. The van der Waals surface area contributed by atoms with E-state index < -0.39 is 5.66 Å². The minimum Gasteiger partial charge on any atom is -0.277 e. The van der Waals surface area contributed by atoms with Gasteiger partial charge >= 0.3 is 0 Å². The van der Waals surface area contributed by atoms with Gasteiger partial charge in [-0.1, -0.05) is 72.8 Å². The number of nitrogens with zero attached hydrogens (tertiary/aromatic N) is 2. The Hall–Kier alpha value is -3.22. The van der Waals surface area contributed by atoms with Crippen molar-refractivity contribution in [3.8, 4) is 6.07 Å². The van der Waals surface area contributed by atoms with Gasteiger partial charge in [-0.05, 0) is 28.8 Å². The van der Waals surface area contributed by atoms with Crippen molar-refractivity contribution in [2.24, 2.45) is 4.99 Å². The maximum absolute atomic E-state index is 9.03. The van der Waals surface area contributed by atoms with Crippen LogP contribution in [0.15, 0.2) is 89.9 Å². The lowest BCUT2D eigenvalue weighted by atomic mass is 9.98. The first-order valence-electron chi connectivity index (χ1n) is 8.25. The Balaban J connectivity index is 1.72. The van der Waals surface area contributed by atoms with E-state index in [1.165, 1.54) is 5.56 Å². The maximum Gasteiger partial charge on any atom is 0.156 e. The SMILES string of the molecule is N#Cc1ccc([C@@]2(/N=C/c3ccccc3)NC2c2ccccc2)cc1. The van der Waals surface area contributed by atoms with Crippen molar-refractivity contribution in [2.45, 2.75) is 11.7 Å². The molecule has 3 heteroatoms. The molecule has 1 heterocycles. The van der Waals surface area contributed by atoms with Crippen LogP contribution in [0, 0.1) is 11.3 Å². The smallest absolute Gasteiger partial charge is 0.156 e. The maximum atomic E-state index is 9.03. The van der Waals surface area contributed by atoms with E-state index >= 15 is 0 Å². The number of hydrogen-bond acceptors (Lipinski definition) is 3. The van der Waals surface area contributed by atoms with Crippen molar-refractivity contribution in [3.05, 3.63) is 107 Å². The van der Waals surface area contributed by atoms with Crippen molar-refractivity contribution in [2.75, 3.05) is 0 Å².